The summed E-state index contributed by atoms with van der Waals surface area (Å²) >= 11 is 1.59. The molecule has 0 fully saturated rings. The predicted octanol–water partition coefficient (Wildman–Crippen LogP) is 1.12. The van der Waals surface area contributed by atoms with E-state index in [9.17, 15) is 0 Å². The van der Waals surface area contributed by atoms with Gasteiger partial charge >= 0.3 is 0 Å². The topological polar surface area (TPSA) is 51.8 Å². The van der Waals surface area contributed by atoms with Gasteiger partial charge < -0.3 is 5.73 Å². The maximum Gasteiger partial charge on any atom is 0.133 e. The normalized spacial score (nSPS) is 13.5. The van der Waals surface area contributed by atoms with E-state index in [0.717, 1.165) is 16.4 Å². The molecule has 0 bridgehead atoms. The molecule has 56 valence electrons. The largest absolute Gasteiger partial charge is 0.322 e. The first kappa shape index (κ1) is 7.63. The molecular formula is C6H11N3S. The van der Waals surface area contributed by atoms with Crippen molar-refractivity contribution in [2.45, 2.75) is 26.3 Å². The molecule has 0 saturated heterocycles. The highest BCUT2D eigenvalue weighted by Crippen LogP contribution is 2.15. The summed E-state index contributed by atoms with van der Waals surface area (Å²) in [5.41, 5.74) is 5.59. The van der Waals surface area contributed by atoms with Crippen LogP contribution in [0.25, 0.3) is 0 Å². The van der Waals surface area contributed by atoms with Crippen molar-refractivity contribution in [3.8, 4) is 0 Å². The summed E-state index contributed by atoms with van der Waals surface area (Å²) in [6, 6.07) is 0.0257. The van der Waals surface area contributed by atoms with Crippen LogP contribution in [-0.2, 0) is 6.42 Å². The van der Waals surface area contributed by atoms with Gasteiger partial charge in [0.15, 0.2) is 0 Å². The van der Waals surface area contributed by atoms with Gasteiger partial charge in [-0.05, 0) is 13.3 Å². The van der Waals surface area contributed by atoms with E-state index in [2.05, 4.69) is 17.1 Å². The summed E-state index contributed by atoms with van der Waals surface area (Å²) < 4.78 is 0. The van der Waals surface area contributed by atoms with E-state index >= 15 is 0 Å². The van der Waals surface area contributed by atoms with Crippen molar-refractivity contribution in [2.75, 3.05) is 0 Å². The molecular weight excluding hydrogens is 146 g/mol. The van der Waals surface area contributed by atoms with Crippen LogP contribution in [0.3, 0.4) is 0 Å². The maximum absolute atomic E-state index is 5.59. The van der Waals surface area contributed by atoms with Gasteiger partial charge in [0.2, 0.25) is 0 Å². The van der Waals surface area contributed by atoms with Crippen molar-refractivity contribution in [2.24, 2.45) is 5.73 Å². The van der Waals surface area contributed by atoms with Crippen LogP contribution >= 0.6 is 11.3 Å². The van der Waals surface area contributed by atoms with Gasteiger partial charge in [-0.3, -0.25) is 0 Å². The molecule has 3 nitrogen and oxygen atoms in total. The number of aromatic nitrogens is 2. The minimum absolute atomic E-state index is 0.0257. The number of aryl methyl sites for hydroxylation is 1. The molecule has 1 rings (SSSR count). The van der Waals surface area contributed by atoms with Gasteiger partial charge in [0, 0.05) is 0 Å². The van der Waals surface area contributed by atoms with Gasteiger partial charge in [-0.1, -0.05) is 18.3 Å². The average Bonchev–Trinajstić information content (AvgIpc) is 2.34. The molecule has 1 unspecified atom stereocenters. The summed E-state index contributed by atoms with van der Waals surface area (Å²) in [4.78, 5) is 0. The fourth-order valence-corrected chi connectivity index (χ4v) is 1.33. The molecule has 0 spiro atoms. The Morgan fingerprint density at radius 2 is 2.30 bits per heavy atom. The number of hydrogen-bond donors (Lipinski definition) is 1. The maximum atomic E-state index is 5.59. The predicted molar refractivity (Wildman–Crippen MR) is 41.9 cm³/mol. The molecule has 1 heterocycles. The molecule has 0 aliphatic heterocycles. The first-order chi connectivity index (χ1) is 4.74. The number of rotatable bonds is 2. The number of hydrogen-bond acceptors (Lipinski definition) is 4. The Morgan fingerprint density at radius 3 is 2.60 bits per heavy atom. The van der Waals surface area contributed by atoms with Gasteiger partial charge in [0.25, 0.3) is 0 Å². The quantitative estimate of drug-likeness (QED) is 0.700. The van der Waals surface area contributed by atoms with Crippen molar-refractivity contribution in [1.29, 1.82) is 0 Å². The van der Waals surface area contributed by atoms with Crippen LogP contribution < -0.4 is 5.73 Å². The second-order valence-corrected chi connectivity index (χ2v) is 3.27. The van der Waals surface area contributed by atoms with Crippen molar-refractivity contribution < 1.29 is 0 Å². The van der Waals surface area contributed by atoms with E-state index in [0.29, 0.717) is 0 Å². The summed E-state index contributed by atoms with van der Waals surface area (Å²) in [6.45, 7) is 3.98. The van der Waals surface area contributed by atoms with E-state index in [4.69, 9.17) is 5.73 Å². The Kier molecular flexibility index (Phi) is 2.34. The first-order valence-electron chi connectivity index (χ1n) is 3.32. The molecule has 2 N–H and O–H groups in total. The standard InChI is InChI=1S/C6H11N3S/c1-3-5-8-9-6(10-5)4(2)7/h4H,3,7H2,1-2H3. The van der Waals surface area contributed by atoms with Crippen molar-refractivity contribution in [3.63, 3.8) is 0 Å². The van der Waals surface area contributed by atoms with Crippen molar-refractivity contribution in [3.05, 3.63) is 10.0 Å². The third-order valence-electron chi connectivity index (χ3n) is 1.17. The van der Waals surface area contributed by atoms with Crippen molar-refractivity contribution in [1.82, 2.24) is 10.2 Å². The molecule has 1 aromatic heterocycles. The third kappa shape index (κ3) is 1.52. The zero-order valence-electron chi connectivity index (χ0n) is 6.16. The second-order valence-electron chi connectivity index (χ2n) is 2.18. The van der Waals surface area contributed by atoms with E-state index in [1.54, 1.807) is 11.3 Å². The van der Waals surface area contributed by atoms with Crippen LogP contribution in [0.5, 0.6) is 0 Å². The number of nitrogens with zero attached hydrogens (tertiary/aromatic N) is 2. The lowest BCUT2D eigenvalue weighted by Crippen LogP contribution is -2.03. The molecule has 0 amide bonds. The highest BCUT2D eigenvalue weighted by atomic mass is 32.1. The van der Waals surface area contributed by atoms with Gasteiger partial charge in [-0.15, -0.1) is 10.2 Å². The minimum Gasteiger partial charge on any atom is -0.322 e. The van der Waals surface area contributed by atoms with Crippen LogP contribution in [-0.4, -0.2) is 10.2 Å². The van der Waals surface area contributed by atoms with Crippen molar-refractivity contribution >= 4 is 11.3 Å². The molecule has 1 atom stereocenters. The van der Waals surface area contributed by atoms with E-state index < -0.39 is 0 Å². The van der Waals surface area contributed by atoms with Crippen LogP contribution in [0.2, 0.25) is 0 Å². The summed E-state index contributed by atoms with van der Waals surface area (Å²) in [5.74, 6) is 0. The fraction of sp³-hybridized carbons (Fsp3) is 0.667. The Balaban J connectivity index is 2.78. The average molecular weight is 157 g/mol. The zero-order valence-corrected chi connectivity index (χ0v) is 6.98. The molecule has 0 aliphatic carbocycles. The Hall–Kier alpha value is -0.480. The Bertz CT molecular complexity index is 207. The molecule has 0 aliphatic rings. The summed E-state index contributed by atoms with van der Waals surface area (Å²) in [5, 5.41) is 9.86. The highest BCUT2D eigenvalue weighted by molar-refractivity contribution is 7.11. The molecule has 0 saturated carbocycles. The molecule has 10 heavy (non-hydrogen) atoms. The Morgan fingerprint density at radius 1 is 1.60 bits per heavy atom. The van der Waals surface area contributed by atoms with E-state index in [-0.39, 0.29) is 6.04 Å². The summed E-state index contributed by atoms with van der Waals surface area (Å²) in [6.07, 6.45) is 0.949. The van der Waals surface area contributed by atoms with Crippen LogP contribution in [0.1, 0.15) is 29.9 Å². The third-order valence-corrected chi connectivity index (χ3v) is 2.44. The van der Waals surface area contributed by atoms with Gasteiger partial charge in [0.05, 0.1) is 6.04 Å². The fourth-order valence-electron chi connectivity index (χ4n) is 0.593. The second kappa shape index (κ2) is 3.07. The molecule has 0 aromatic carbocycles. The number of nitrogens with two attached hydrogens (primary N) is 1. The van der Waals surface area contributed by atoms with Crippen LogP contribution in [0.15, 0.2) is 0 Å². The Labute approximate surface area is 64.3 Å². The van der Waals surface area contributed by atoms with Gasteiger partial charge in [-0.25, -0.2) is 0 Å². The lowest BCUT2D eigenvalue weighted by Gasteiger charge is -1.93. The molecule has 1 aromatic rings. The zero-order chi connectivity index (χ0) is 7.56. The van der Waals surface area contributed by atoms with E-state index in [1.807, 2.05) is 6.92 Å². The SMILES string of the molecule is CCc1nnc(C(C)N)s1. The van der Waals surface area contributed by atoms with E-state index in [1.165, 1.54) is 0 Å². The lowest BCUT2D eigenvalue weighted by molar-refractivity contribution is 0.782. The first-order valence-corrected chi connectivity index (χ1v) is 4.13. The minimum atomic E-state index is 0.0257. The van der Waals surface area contributed by atoms with Crippen LogP contribution in [0.4, 0.5) is 0 Å². The monoisotopic (exact) mass is 157 g/mol. The molecule has 4 heteroatoms. The smallest absolute Gasteiger partial charge is 0.133 e. The highest BCUT2D eigenvalue weighted by Gasteiger charge is 2.05. The van der Waals surface area contributed by atoms with Crippen LogP contribution in [0, 0.1) is 0 Å². The lowest BCUT2D eigenvalue weighted by atomic mass is 10.4. The summed E-state index contributed by atoms with van der Waals surface area (Å²) in [7, 11) is 0. The van der Waals surface area contributed by atoms with Gasteiger partial charge in [-0.2, -0.15) is 0 Å². The van der Waals surface area contributed by atoms with Gasteiger partial charge in [0.1, 0.15) is 10.0 Å². The molecule has 0 radical (unpaired) electrons.